The van der Waals surface area contributed by atoms with Gasteiger partial charge >= 0.3 is 0 Å². The molecule has 0 fully saturated rings. The first-order valence-electron chi connectivity index (χ1n) is 7.49. The lowest BCUT2D eigenvalue weighted by molar-refractivity contribution is 0.436. The van der Waals surface area contributed by atoms with Crippen molar-refractivity contribution in [2.45, 2.75) is 4.90 Å². The van der Waals surface area contributed by atoms with Gasteiger partial charge in [0, 0.05) is 21.7 Å². The van der Waals surface area contributed by atoms with Crippen LogP contribution in [-0.2, 0) is 17.1 Å². The number of sulfonamides is 1. The van der Waals surface area contributed by atoms with Crippen molar-refractivity contribution in [3.63, 3.8) is 0 Å². The van der Waals surface area contributed by atoms with Crippen LogP contribution in [0.3, 0.4) is 0 Å². The van der Waals surface area contributed by atoms with Crippen LogP contribution >= 0.6 is 34.8 Å². The van der Waals surface area contributed by atoms with E-state index >= 15 is 0 Å². The highest BCUT2D eigenvalue weighted by Crippen LogP contribution is 2.38. The molecule has 27 heavy (non-hydrogen) atoms. The molecule has 4 N–H and O–H groups in total. The first kappa shape index (κ1) is 19.7. The highest BCUT2D eigenvalue weighted by atomic mass is 127. The number of aromatic hydroxyl groups is 1. The monoisotopic (exact) mass is 515 g/mol. The van der Waals surface area contributed by atoms with E-state index in [0.29, 0.717) is 11.4 Å². The normalized spacial score (nSPS) is 12.0. The van der Waals surface area contributed by atoms with Crippen LogP contribution < -0.4 is 10.5 Å². The Bertz CT molecular complexity index is 1190. The summed E-state index contributed by atoms with van der Waals surface area (Å²) >= 11 is 7.30. The summed E-state index contributed by atoms with van der Waals surface area (Å²) in [6.07, 6.45) is 0. The summed E-state index contributed by atoms with van der Waals surface area (Å²) in [5.41, 5.74) is 1.51. The largest absolute Gasteiger partial charge is 0.493 e. The van der Waals surface area contributed by atoms with Crippen LogP contribution in [0.15, 0.2) is 57.6 Å². The Morgan fingerprint density at radius 3 is 2.74 bits per heavy atom. The molecule has 0 aliphatic heterocycles. The molecule has 3 aromatic rings. The minimum absolute atomic E-state index is 0.00333. The number of rotatable bonds is 3. The zero-order valence-electron chi connectivity index (χ0n) is 13.9. The number of nitrogens with one attached hydrogen (secondary N) is 1. The molecule has 0 radical (unpaired) electrons. The molecule has 140 valence electrons. The molecule has 3 rings (SSSR count). The van der Waals surface area contributed by atoms with Crippen molar-refractivity contribution in [2.75, 3.05) is 5.32 Å². The number of azo groups is 1. The summed E-state index contributed by atoms with van der Waals surface area (Å²) in [7, 11) is -2.10. The molecule has 0 saturated heterocycles. The minimum atomic E-state index is -3.82. The van der Waals surface area contributed by atoms with Gasteiger partial charge < -0.3 is 15.0 Å². The number of hydrogen-bond acceptors (Lipinski definition) is 5. The van der Waals surface area contributed by atoms with Crippen molar-refractivity contribution in [2.24, 2.45) is 22.4 Å². The second kappa shape index (κ2) is 7.50. The van der Waals surface area contributed by atoms with Gasteiger partial charge in [-0.15, -0.1) is 10.2 Å². The number of benzene rings is 2. The maximum atomic E-state index is 11.4. The van der Waals surface area contributed by atoms with Crippen LogP contribution in [0.2, 0.25) is 0 Å². The Hall–Kier alpha value is -2.09. The Labute approximate surface area is 174 Å². The molecule has 0 spiro atoms. The lowest BCUT2D eigenvalue weighted by Gasteiger charge is -2.05. The number of hydrogen-bond donors (Lipinski definition) is 3. The molecule has 0 aliphatic rings. The van der Waals surface area contributed by atoms with Crippen molar-refractivity contribution >= 4 is 72.2 Å². The third-order valence-electron chi connectivity index (χ3n) is 3.76. The van der Waals surface area contributed by atoms with Gasteiger partial charge in [0.15, 0.2) is 5.69 Å². The Balaban J connectivity index is 1.87. The van der Waals surface area contributed by atoms with Crippen molar-refractivity contribution in [1.29, 1.82) is 0 Å². The predicted molar refractivity (Wildman–Crippen MR) is 116 cm³/mol. The topological polar surface area (TPSA) is 122 Å². The Morgan fingerprint density at radius 2 is 2.04 bits per heavy atom. The molecular formula is C16H14IN5O3S2. The summed E-state index contributed by atoms with van der Waals surface area (Å²) < 4.78 is 25.4. The molecule has 11 heteroatoms. The smallest absolute Gasteiger partial charge is 0.238 e. The molecule has 0 atom stereocenters. The summed E-state index contributed by atoms with van der Waals surface area (Å²) in [6.45, 7) is 0. The van der Waals surface area contributed by atoms with E-state index in [2.05, 4.69) is 38.1 Å². The van der Waals surface area contributed by atoms with Crippen molar-refractivity contribution < 1.29 is 13.5 Å². The number of halogens is 1. The van der Waals surface area contributed by atoms with E-state index in [1.807, 2.05) is 18.2 Å². The lowest BCUT2D eigenvalue weighted by atomic mass is 10.2. The predicted octanol–water partition coefficient (Wildman–Crippen LogP) is 3.62. The molecular weight excluding hydrogens is 501 g/mol. The summed E-state index contributed by atoms with van der Waals surface area (Å²) in [6, 6.07) is 11.6. The molecule has 0 bridgehead atoms. The number of anilines is 1. The van der Waals surface area contributed by atoms with Crippen LogP contribution in [0, 0.1) is 3.57 Å². The maximum Gasteiger partial charge on any atom is 0.238 e. The van der Waals surface area contributed by atoms with Crippen molar-refractivity contribution in [1.82, 2.24) is 4.57 Å². The van der Waals surface area contributed by atoms with Crippen molar-refractivity contribution in [3.8, 4) is 5.88 Å². The van der Waals surface area contributed by atoms with Gasteiger partial charge in [0.25, 0.3) is 0 Å². The third kappa shape index (κ3) is 4.26. The first-order valence-corrected chi connectivity index (χ1v) is 10.5. The number of aryl methyl sites for hydroxylation is 1. The maximum absolute atomic E-state index is 11.4. The first-order chi connectivity index (χ1) is 12.7. The van der Waals surface area contributed by atoms with Gasteiger partial charge in [-0.1, -0.05) is 6.07 Å². The molecule has 1 heterocycles. The van der Waals surface area contributed by atoms with Gasteiger partial charge in [-0.2, -0.15) is 0 Å². The fraction of sp³-hybridized carbons (Fsp3) is 0.0625. The number of nitrogens with zero attached hydrogens (tertiary/aromatic N) is 3. The zero-order valence-corrected chi connectivity index (χ0v) is 17.7. The van der Waals surface area contributed by atoms with E-state index < -0.39 is 10.0 Å². The standard InChI is InChI=1S/C16H14IN5O3S2/c1-22-13-6-5-9(17)7-12(13)14(15(22)23)20-21-16(26)19-10-3-2-4-11(8-10)27(18,24)25/h2-8,23H,1H3,(H,19,26)(H2,18,24,25). The zero-order chi connectivity index (χ0) is 19.8. The molecule has 0 aliphatic carbocycles. The van der Waals surface area contributed by atoms with Gasteiger partial charge in [0.2, 0.25) is 21.0 Å². The van der Waals surface area contributed by atoms with Crippen LogP contribution in [0.1, 0.15) is 0 Å². The van der Waals surface area contributed by atoms with Gasteiger partial charge in [-0.25, -0.2) is 13.6 Å². The molecule has 2 aromatic carbocycles. The second-order valence-electron chi connectivity index (χ2n) is 5.60. The number of primary sulfonamides is 1. The van der Waals surface area contributed by atoms with Crippen LogP contribution in [0.25, 0.3) is 10.9 Å². The van der Waals surface area contributed by atoms with Crippen LogP contribution in [0.4, 0.5) is 11.4 Å². The number of thiocarbonyl (C=S) groups is 1. The minimum Gasteiger partial charge on any atom is -0.493 e. The molecule has 0 amide bonds. The molecule has 0 saturated carbocycles. The fourth-order valence-corrected chi connectivity index (χ4v) is 3.69. The van der Waals surface area contributed by atoms with Gasteiger partial charge in [-0.05, 0) is 71.2 Å². The highest BCUT2D eigenvalue weighted by molar-refractivity contribution is 14.1. The summed E-state index contributed by atoms with van der Waals surface area (Å²) in [5, 5.41) is 26.9. The Kier molecular flexibility index (Phi) is 5.46. The number of nitrogens with two attached hydrogens (primary N) is 1. The Morgan fingerprint density at radius 1 is 1.30 bits per heavy atom. The van der Waals surface area contributed by atoms with Crippen LogP contribution in [0.5, 0.6) is 5.88 Å². The highest BCUT2D eigenvalue weighted by Gasteiger charge is 2.15. The van der Waals surface area contributed by atoms with E-state index in [1.165, 1.54) is 18.2 Å². The SMILES string of the molecule is Cn1c(O)c(N=NC(=S)Nc2cccc(S(N)(=O)=O)c2)c2cc(I)ccc21. The van der Waals surface area contributed by atoms with Crippen LogP contribution in [-0.4, -0.2) is 23.2 Å². The number of aromatic nitrogens is 1. The van der Waals surface area contributed by atoms with Gasteiger partial charge in [0.05, 0.1) is 10.4 Å². The lowest BCUT2D eigenvalue weighted by Crippen LogP contribution is -2.13. The van der Waals surface area contributed by atoms with Gasteiger partial charge in [0.1, 0.15) is 0 Å². The number of fused-ring (bicyclic) bond motifs is 1. The molecule has 0 unspecified atom stereocenters. The van der Waals surface area contributed by atoms with E-state index in [0.717, 1.165) is 14.5 Å². The second-order valence-corrected chi connectivity index (χ2v) is 8.79. The molecule has 1 aromatic heterocycles. The van der Waals surface area contributed by atoms with Crippen molar-refractivity contribution in [3.05, 3.63) is 46.0 Å². The average molecular weight is 515 g/mol. The fourth-order valence-electron chi connectivity index (χ4n) is 2.48. The third-order valence-corrected chi connectivity index (χ3v) is 5.52. The van der Waals surface area contributed by atoms with E-state index in [-0.39, 0.29) is 15.9 Å². The van der Waals surface area contributed by atoms with E-state index in [1.54, 1.807) is 17.7 Å². The summed E-state index contributed by atoms with van der Waals surface area (Å²) in [4.78, 5) is -0.0477. The average Bonchev–Trinajstić information content (AvgIpc) is 2.83. The summed E-state index contributed by atoms with van der Waals surface area (Å²) in [5.74, 6) is -0.0326. The van der Waals surface area contributed by atoms with Gasteiger partial charge in [-0.3, -0.25) is 0 Å². The van der Waals surface area contributed by atoms with E-state index in [9.17, 15) is 13.5 Å². The quantitative estimate of drug-likeness (QED) is 0.280. The molecule has 8 nitrogen and oxygen atoms in total. The van der Waals surface area contributed by atoms with E-state index in [4.69, 9.17) is 17.4 Å².